The fraction of sp³-hybridized carbons (Fsp3) is 0.0588. The van der Waals surface area contributed by atoms with E-state index in [1.165, 1.54) is 0 Å². The zero-order valence-corrected chi connectivity index (χ0v) is 21.1. The second-order valence-corrected chi connectivity index (χ2v) is 10.8. The van der Waals surface area contributed by atoms with E-state index in [1.807, 2.05) is 77.2 Å². The number of benzene rings is 5. The van der Waals surface area contributed by atoms with Gasteiger partial charge in [-0.05, 0) is 65.9 Å². The molecule has 10 rings (SSSR count). The van der Waals surface area contributed by atoms with Crippen molar-refractivity contribution in [1.29, 1.82) is 0 Å². The van der Waals surface area contributed by atoms with Crippen LogP contribution in [0.2, 0.25) is 0 Å². The van der Waals surface area contributed by atoms with E-state index < -0.39 is 0 Å². The van der Waals surface area contributed by atoms with Gasteiger partial charge >= 0.3 is 0 Å². The van der Waals surface area contributed by atoms with Gasteiger partial charge in [-0.3, -0.25) is 18.4 Å². The summed E-state index contributed by atoms with van der Waals surface area (Å²) in [6.45, 7) is 0. The van der Waals surface area contributed by atoms with Crippen molar-refractivity contribution in [2.45, 2.75) is 12.8 Å². The molecule has 40 heavy (non-hydrogen) atoms. The summed E-state index contributed by atoms with van der Waals surface area (Å²) >= 11 is 0. The Morgan fingerprint density at radius 2 is 1.18 bits per heavy atom. The van der Waals surface area contributed by atoms with Crippen LogP contribution in [0, 0.1) is 0 Å². The van der Waals surface area contributed by atoms with E-state index in [9.17, 15) is 9.59 Å². The summed E-state index contributed by atoms with van der Waals surface area (Å²) in [6.07, 6.45) is 3.87. The minimum absolute atomic E-state index is 0.0946. The van der Waals surface area contributed by atoms with Gasteiger partial charge in [-0.2, -0.15) is 0 Å². The molecule has 0 bridgehead atoms. The molecule has 0 N–H and O–H groups in total. The van der Waals surface area contributed by atoms with E-state index in [0.717, 1.165) is 78.0 Å². The lowest BCUT2D eigenvalue weighted by Gasteiger charge is -2.19. The van der Waals surface area contributed by atoms with Crippen molar-refractivity contribution >= 4 is 82.4 Å². The smallest absolute Gasteiger partial charge is 0.264 e. The Morgan fingerprint density at radius 1 is 0.575 bits per heavy atom. The van der Waals surface area contributed by atoms with Crippen LogP contribution in [0.4, 0.5) is 0 Å². The predicted octanol–water partition coefficient (Wildman–Crippen LogP) is 5.51. The molecule has 6 nitrogen and oxygen atoms in total. The summed E-state index contributed by atoms with van der Waals surface area (Å²) in [4.78, 5) is 38.5. The Morgan fingerprint density at radius 3 is 1.93 bits per heavy atom. The van der Waals surface area contributed by atoms with E-state index in [-0.39, 0.29) is 11.1 Å². The Bertz CT molecular complexity index is 2800. The Kier molecular flexibility index (Phi) is 3.50. The lowest BCUT2D eigenvalue weighted by molar-refractivity contribution is 0.906. The van der Waals surface area contributed by atoms with Gasteiger partial charge in [-0.1, -0.05) is 42.5 Å². The molecule has 0 saturated heterocycles. The summed E-state index contributed by atoms with van der Waals surface area (Å²) < 4.78 is 3.54. The third-order valence-corrected chi connectivity index (χ3v) is 8.87. The first-order valence-electron chi connectivity index (χ1n) is 13.5. The second kappa shape index (κ2) is 6.79. The summed E-state index contributed by atoms with van der Waals surface area (Å²) in [5.74, 6) is 0. The van der Waals surface area contributed by atoms with Gasteiger partial charge < -0.3 is 0 Å². The summed E-state index contributed by atoms with van der Waals surface area (Å²) in [5.41, 5.74) is 4.57. The van der Waals surface area contributed by atoms with Crippen molar-refractivity contribution in [2.24, 2.45) is 0 Å². The van der Waals surface area contributed by atoms with Crippen LogP contribution in [0.1, 0.15) is 12.1 Å². The number of aryl methyl sites for hydroxylation is 1. The quantitative estimate of drug-likeness (QED) is 0.198. The fourth-order valence-electron chi connectivity index (χ4n) is 7.25. The molecule has 0 spiro atoms. The molecule has 0 atom stereocenters. The highest BCUT2D eigenvalue weighted by atomic mass is 16.1. The standard InChI is InChI=1S/C34H18N4O2/c39-33-21-16-14-20-30-22(34(40)38-26-12-4-8-18-6-2-10-24(28(18)26)36-32(20)38)15-13-19(29(21)30)31-35-23-9-1-5-17-7-3-11-25(27(17)23)37(31)33/h1-3,5-11,13-16H,4,12H2. The minimum Gasteiger partial charge on any atom is -0.268 e. The van der Waals surface area contributed by atoms with Gasteiger partial charge in [-0.25, -0.2) is 9.97 Å². The molecule has 1 aliphatic carbocycles. The Hall–Kier alpha value is -5.36. The zero-order valence-electron chi connectivity index (χ0n) is 21.1. The molecular weight excluding hydrogens is 496 g/mol. The first-order valence-corrected chi connectivity index (χ1v) is 13.5. The maximum atomic E-state index is 14.2. The molecule has 1 aliphatic rings. The number of hydrogen-bond donors (Lipinski definition) is 0. The molecule has 5 aromatic carbocycles. The van der Waals surface area contributed by atoms with Crippen LogP contribution in [0.15, 0.2) is 88.5 Å². The Balaban J connectivity index is 1.50. The van der Waals surface area contributed by atoms with Gasteiger partial charge in [0.2, 0.25) is 0 Å². The molecule has 0 unspecified atom stereocenters. The van der Waals surface area contributed by atoms with Gasteiger partial charge in [0.15, 0.2) is 0 Å². The number of rotatable bonds is 0. The molecule has 0 saturated carbocycles. The first kappa shape index (κ1) is 20.6. The van der Waals surface area contributed by atoms with Gasteiger partial charge in [0.1, 0.15) is 11.3 Å². The molecule has 0 amide bonds. The molecule has 4 heterocycles. The van der Waals surface area contributed by atoms with Crippen molar-refractivity contribution < 1.29 is 0 Å². The number of aromatic nitrogens is 4. The maximum absolute atomic E-state index is 14.2. The van der Waals surface area contributed by atoms with Crippen molar-refractivity contribution in [2.75, 3.05) is 0 Å². The molecule has 186 valence electrons. The third kappa shape index (κ3) is 2.25. The lowest BCUT2D eigenvalue weighted by Crippen LogP contribution is -2.24. The summed E-state index contributed by atoms with van der Waals surface area (Å²) in [5, 5.41) is 8.64. The maximum Gasteiger partial charge on any atom is 0.264 e. The molecule has 0 fully saturated rings. The highest BCUT2D eigenvalue weighted by Gasteiger charge is 2.23. The first-order chi connectivity index (χ1) is 19.7. The van der Waals surface area contributed by atoms with Crippen LogP contribution < -0.4 is 16.3 Å². The van der Waals surface area contributed by atoms with Gasteiger partial charge in [0, 0.05) is 48.8 Å². The number of pyridine rings is 2. The Labute approximate surface area is 224 Å². The van der Waals surface area contributed by atoms with Gasteiger partial charge in [0.25, 0.3) is 11.1 Å². The van der Waals surface area contributed by atoms with Crippen LogP contribution in [-0.4, -0.2) is 18.8 Å². The molecule has 9 aromatic rings. The number of hydrogen-bond acceptors (Lipinski definition) is 4. The molecule has 0 radical (unpaired) electrons. The van der Waals surface area contributed by atoms with Gasteiger partial charge in [0.05, 0.1) is 16.6 Å². The SMILES string of the molecule is O=c1c2ccc3c4c(ccc(c24)c2nc4cccc5c4c(n12)CCC=5)c(=O)n1c2cccc4cccc(nc31)c42. The highest BCUT2D eigenvalue weighted by Crippen LogP contribution is 2.37. The van der Waals surface area contributed by atoms with E-state index in [4.69, 9.17) is 9.97 Å². The van der Waals surface area contributed by atoms with E-state index in [0.29, 0.717) is 22.1 Å². The summed E-state index contributed by atoms with van der Waals surface area (Å²) in [6, 6.07) is 25.9. The number of fused-ring (bicyclic) bond motifs is 6. The molecular formula is C34H18N4O2. The average molecular weight is 515 g/mol. The number of nitrogens with zero attached hydrogens (tertiary/aromatic N) is 4. The largest absolute Gasteiger partial charge is 0.268 e. The highest BCUT2D eigenvalue weighted by molar-refractivity contribution is 6.27. The predicted molar refractivity (Wildman–Crippen MR) is 161 cm³/mol. The van der Waals surface area contributed by atoms with Gasteiger partial charge in [-0.15, -0.1) is 0 Å². The normalized spacial score (nSPS) is 13.7. The topological polar surface area (TPSA) is 68.7 Å². The van der Waals surface area contributed by atoms with Crippen LogP contribution in [0.3, 0.4) is 0 Å². The lowest BCUT2D eigenvalue weighted by atomic mass is 9.95. The second-order valence-electron chi connectivity index (χ2n) is 10.8. The van der Waals surface area contributed by atoms with Crippen LogP contribution in [0.25, 0.3) is 82.4 Å². The average Bonchev–Trinajstić information content (AvgIpc) is 2.99. The van der Waals surface area contributed by atoms with Crippen LogP contribution in [-0.2, 0) is 6.42 Å². The fourth-order valence-corrected chi connectivity index (χ4v) is 7.25. The van der Waals surface area contributed by atoms with E-state index in [2.05, 4.69) is 12.1 Å². The molecule has 4 aromatic heterocycles. The molecule has 0 aliphatic heterocycles. The monoisotopic (exact) mass is 514 g/mol. The van der Waals surface area contributed by atoms with Crippen LogP contribution in [0.5, 0.6) is 0 Å². The molecule has 6 heteroatoms. The summed E-state index contributed by atoms with van der Waals surface area (Å²) in [7, 11) is 0. The van der Waals surface area contributed by atoms with Crippen molar-refractivity contribution in [3.05, 3.63) is 110 Å². The van der Waals surface area contributed by atoms with Crippen molar-refractivity contribution in [1.82, 2.24) is 18.8 Å². The zero-order chi connectivity index (χ0) is 26.3. The van der Waals surface area contributed by atoms with E-state index >= 15 is 0 Å². The minimum atomic E-state index is -0.135. The van der Waals surface area contributed by atoms with Crippen molar-refractivity contribution in [3.8, 4) is 0 Å². The third-order valence-electron chi connectivity index (χ3n) is 8.87. The van der Waals surface area contributed by atoms with E-state index in [1.54, 1.807) is 4.40 Å². The van der Waals surface area contributed by atoms with Crippen LogP contribution >= 0.6 is 0 Å². The van der Waals surface area contributed by atoms with Crippen molar-refractivity contribution in [3.63, 3.8) is 0 Å².